The van der Waals surface area contributed by atoms with Gasteiger partial charge in [-0.1, -0.05) is 12.1 Å². The molecule has 1 aromatic heterocycles. The van der Waals surface area contributed by atoms with E-state index in [4.69, 9.17) is 10.8 Å². The lowest BCUT2D eigenvalue weighted by molar-refractivity contribution is 0.475. The summed E-state index contributed by atoms with van der Waals surface area (Å²) in [5, 5.41) is 13.3. The normalized spacial score (nSPS) is 12.6. The number of nitrogens with two attached hydrogens (primary N) is 1. The molecule has 0 amide bonds. The monoisotopic (exact) mass is 219 g/mol. The van der Waals surface area contributed by atoms with E-state index in [0.717, 1.165) is 12.0 Å². The predicted molar refractivity (Wildman–Crippen MR) is 63.1 cm³/mol. The molecule has 0 radical (unpaired) electrons. The van der Waals surface area contributed by atoms with Gasteiger partial charge in [0.1, 0.15) is 5.75 Å². The summed E-state index contributed by atoms with van der Waals surface area (Å²) >= 11 is 1.66. The van der Waals surface area contributed by atoms with Crippen LogP contribution in [-0.2, 0) is 6.42 Å². The maximum Gasteiger partial charge on any atom is 0.115 e. The molecular weight excluding hydrogens is 206 g/mol. The van der Waals surface area contributed by atoms with Crippen molar-refractivity contribution in [3.8, 4) is 5.75 Å². The summed E-state index contributed by atoms with van der Waals surface area (Å²) in [5.41, 5.74) is 8.37. The first-order chi connectivity index (χ1) is 7.25. The largest absolute Gasteiger partial charge is 0.508 e. The predicted octanol–water partition coefficient (Wildman–Crippen LogP) is 2.70. The van der Waals surface area contributed by atoms with Crippen LogP contribution in [0.15, 0.2) is 41.1 Å². The smallest absolute Gasteiger partial charge is 0.115 e. The van der Waals surface area contributed by atoms with Gasteiger partial charge in [-0.3, -0.25) is 0 Å². The highest BCUT2D eigenvalue weighted by Gasteiger charge is 2.06. The maximum absolute atomic E-state index is 9.15. The number of hydrogen-bond donors (Lipinski definition) is 2. The number of aromatic hydroxyl groups is 1. The zero-order valence-corrected chi connectivity index (χ0v) is 9.08. The minimum Gasteiger partial charge on any atom is -0.508 e. The molecule has 0 fully saturated rings. The van der Waals surface area contributed by atoms with Crippen molar-refractivity contribution in [2.75, 3.05) is 0 Å². The van der Waals surface area contributed by atoms with Gasteiger partial charge < -0.3 is 10.8 Å². The van der Waals surface area contributed by atoms with Crippen molar-refractivity contribution in [2.45, 2.75) is 12.5 Å². The van der Waals surface area contributed by atoms with E-state index in [1.807, 2.05) is 17.5 Å². The molecular formula is C12H13NOS. The van der Waals surface area contributed by atoms with Crippen molar-refractivity contribution in [1.29, 1.82) is 0 Å². The Kier molecular flexibility index (Phi) is 3.04. The summed E-state index contributed by atoms with van der Waals surface area (Å²) in [4.78, 5) is 0. The van der Waals surface area contributed by atoms with Gasteiger partial charge in [0.2, 0.25) is 0 Å². The summed E-state index contributed by atoms with van der Waals surface area (Å²) < 4.78 is 0. The molecule has 0 spiro atoms. The van der Waals surface area contributed by atoms with Crippen molar-refractivity contribution in [3.63, 3.8) is 0 Å². The molecule has 3 N–H and O–H groups in total. The molecule has 0 aliphatic heterocycles. The molecule has 78 valence electrons. The Morgan fingerprint density at radius 3 is 2.53 bits per heavy atom. The first-order valence-electron chi connectivity index (χ1n) is 4.81. The van der Waals surface area contributed by atoms with E-state index in [-0.39, 0.29) is 6.04 Å². The average Bonchev–Trinajstić information content (AvgIpc) is 2.74. The maximum atomic E-state index is 9.15. The van der Waals surface area contributed by atoms with Crippen LogP contribution in [0.5, 0.6) is 5.75 Å². The standard InChI is InChI=1S/C12H13NOS/c13-12(10-5-6-15-8-10)7-9-1-3-11(14)4-2-9/h1-6,8,12,14H,7,13H2. The van der Waals surface area contributed by atoms with E-state index in [0.29, 0.717) is 5.75 Å². The SMILES string of the molecule is NC(Cc1ccc(O)cc1)c1ccsc1. The number of benzene rings is 1. The van der Waals surface area contributed by atoms with Crippen LogP contribution in [0.2, 0.25) is 0 Å². The van der Waals surface area contributed by atoms with Crippen LogP contribution in [-0.4, -0.2) is 5.11 Å². The number of phenols is 1. The van der Waals surface area contributed by atoms with Gasteiger partial charge in [0, 0.05) is 6.04 Å². The van der Waals surface area contributed by atoms with Gasteiger partial charge in [-0.05, 0) is 46.5 Å². The lowest BCUT2D eigenvalue weighted by Gasteiger charge is -2.09. The fourth-order valence-electron chi connectivity index (χ4n) is 1.49. The zero-order valence-electron chi connectivity index (χ0n) is 8.26. The fourth-order valence-corrected chi connectivity index (χ4v) is 2.21. The number of thiophene rings is 1. The molecule has 0 bridgehead atoms. The van der Waals surface area contributed by atoms with Crippen LogP contribution in [0.3, 0.4) is 0 Å². The van der Waals surface area contributed by atoms with Crippen LogP contribution in [0.25, 0.3) is 0 Å². The minimum atomic E-state index is 0.0424. The highest BCUT2D eigenvalue weighted by atomic mass is 32.1. The summed E-state index contributed by atoms with van der Waals surface area (Å²) in [6, 6.07) is 9.28. The van der Waals surface area contributed by atoms with E-state index >= 15 is 0 Å². The Morgan fingerprint density at radius 1 is 1.20 bits per heavy atom. The molecule has 0 saturated carbocycles. The Bertz CT molecular complexity index is 408. The molecule has 0 saturated heterocycles. The average molecular weight is 219 g/mol. The summed E-state index contributed by atoms with van der Waals surface area (Å²) in [7, 11) is 0. The summed E-state index contributed by atoms with van der Waals surface area (Å²) in [5.74, 6) is 0.294. The van der Waals surface area contributed by atoms with E-state index in [2.05, 4.69) is 11.4 Å². The number of phenolic OH excluding ortho intramolecular Hbond substituents is 1. The summed E-state index contributed by atoms with van der Waals surface area (Å²) in [6.45, 7) is 0. The molecule has 2 aromatic rings. The van der Waals surface area contributed by atoms with Gasteiger partial charge in [-0.25, -0.2) is 0 Å². The van der Waals surface area contributed by atoms with Crippen molar-refractivity contribution >= 4 is 11.3 Å². The first kappa shape index (κ1) is 10.2. The van der Waals surface area contributed by atoms with Gasteiger partial charge in [0.25, 0.3) is 0 Å². The molecule has 0 aliphatic carbocycles. The molecule has 2 nitrogen and oxygen atoms in total. The third-order valence-corrected chi connectivity index (χ3v) is 3.06. The Morgan fingerprint density at radius 2 is 1.93 bits per heavy atom. The van der Waals surface area contributed by atoms with Crippen molar-refractivity contribution < 1.29 is 5.11 Å². The van der Waals surface area contributed by atoms with Crippen molar-refractivity contribution in [3.05, 3.63) is 52.2 Å². The lowest BCUT2D eigenvalue weighted by Crippen LogP contribution is -2.12. The highest BCUT2D eigenvalue weighted by molar-refractivity contribution is 7.07. The van der Waals surface area contributed by atoms with Crippen LogP contribution in [0.1, 0.15) is 17.2 Å². The van der Waals surface area contributed by atoms with Gasteiger partial charge in [0.15, 0.2) is 0 Å². The number of hydrogen-bond acceptors (Lipinski definition) is 3. The van der Waals surface area contributed by atoms with Crippen LogP contribution in [0, 0.1) is 0 Å². The second-order valence-electron chi connectivity index (χ2n) is 3.53. The van der Waals surface area contributed by atoms with Gasteiger partial charge >= 0.3 is 0 Å². The molecule has 1 unspecified atom stereocenters. The topological polar surface area (TPSA) is 46.2 Å². The third kappa shape index (κ3) is 2.58. The second-order valence-corrected chi connectivity index (χ2v) is 4.31. The quantitative estimate of drug-likeness (QED) is 0.833. The van der Waals surface area contributed by atoms with Crippen LogP contribution in [0.4, 0.5) is 0 Å². The van der Waals surface area contributed by atoms with Gasteiger partial charge in [0.05, 0.1) is 0 Å². The van der Waals surface area contributed by atoms with E-state index in [9.17, 15) is 0 Å². The van der Waals surface area contributed by atoms with Crippen LogP contribution >= 0.6 is 11.3 Å². The molecule has 15 heavy (non-hydrogen) atoms. The number of rotatable bonds is 3. The zero-order chi connectivity index (χ0) is 10.7. The molecule has 1 heterocycles. The molecule has 3 heteroatoms. The van der Waals surface area contributed by atoms with E-state index in [1.54, 1.807) is 23.5 Å². The van der Waals surface area contributed by atoms with E-state index < -0.39 is 0 Å². The molecule has 1 aromatic carbocycles. The van der Waals surface area contributed by atoms with Gasteiger partial charge in [-0.2, -0.15) is 11.3 Å². The molecule has 1 atom stereocenters. The highest BCUT2D eigenvalue weighted by Crippen LogP contribution is 2.19. The Labute approximate surface area is 93.0 Å². The van der Waals surface area contributed by atoms with E-state index in [1.165, 1.54) is 5.56 Å². The van der Waals surface area contributed by atoms with Crippen molar-refractivity contribution in [2.24, 2.45) is 5.73 Å². The summed E-state index contributed by atoms with van der Waals surface area (Å²) in [6.07, 6.45) is 0.803. The fraction of sp³-hybridized carbons (Fsp3) is 0.167. The third-order valence-electron chi connectivity index (χ3n) is 2.36. The van der Waals surface area contributed by atoms with Crippen molar-refractivity contribution in [1.82, 2.24) is 0 Å². The molecule has 2 rings (SSSR count). The Balaban J connectivity index is 2.06. The lowest BCUT2D eigenvalue weighted by atomic mass is 10.0. The Hall–Kier alpha value is -1.32. The molecule has 0 aliphatic rings. The van der Waals surface area contributed by atoms with Crippen LogP contribution < -0.4 is 5.73 Å². The minimum absolute atomic E-state index is 0.0424. The second kappa shape index (κ2) is 4.47. The van der Waals surface area contributed by atoms with Gasteiger partial charge in [-0.15, -0.1) is 0 Å². The first-order valence-corrected chi connectivity index (χ1v) is 5.75.